The first-order valence-corrected chi connectivity index (χ1v) is 8.91. The molecule has 26 heavy (non-hydrogen) atoms. The summed E-state index contributed by atoms with van der Waals surface area (Å²) >= 11 is 20.1. The lowest BCUT2D eigenvalue weighted by Gasteiger charge is -2.09. The molecule has 2 aromatic carbocycles. The minimum atomic E-state index is -0.513. The summed E-state index contributed by atoms with van der Waals surface area (Å²) in [6.07, 6.45) is 2.80. The number of carbonyl (C=O) groups excluding carboxylic acids is 1. The largest absolute Gasteiger partial charge is 0.331 e. The first kappa shape index (κ1) is 20.3. The van der Waals surface area contributed by atoms with Crippen molar-refractivity contribution < 1.29 is 9.72 Å². The number of rotatable bonds is 4. The number of hydrogen-bond donors (Lipinski definition) is 2. The number of hydrogen-bond acceptors (Lipinski definition) is 4. The molecule has 134 valence electrons. The number of non-ortho nitro benzene ring substituents is 1. The van der Waals surface area contributed by atoms with Crippen LogP contribution < -0.4 is 10.6 Å². The summed E-state index contributed by atoms with van der Waals surface area (Å²) in [5.74, 6) is -0.466. The Balaban J connectivity index is 1.98. The summed E-state index contributed by atoms with van der Waals surface area (Å²) in [4.78, 5) is 22.1. The number of amides is 1. The van der Waals surface area contributed by atoms with Crippen molar-refractivity contribution >= 4 is 79.8 Å². The van der Waals surface area contributed by atoms with Crippen LogP contribution in [-0.4, -0.2) is 15.9 Å². The number of nitro groups is 1. The fraction of sp³-hybridized carbons (Fsp3) is 0. The van der Waals surface area contributed by atoms with Crippen molar-refractivity contribution in [1.29, 1.82) is 0 Å². The first-order valence-electron chi connectivity index (χ1n) is 6.95. The fourth-order valence-corrected chi connectivity index (χ4v) is 2.98. The zero-order valence-electron chi connectivity index (χ0n) is 12.8. The standard InChI is InChI=1S/C16H10BrCl2N3O3S/c17-12-8-11(22(24)25)4-5-14(12)20-16(26)21-15(23)6-2-9-1-3-10(18)7-13(9)19/h1-8H,(H2,20,21,23,26)/b6-2+. The second kappa shape index (κ2) is 9.09. The van der Waals surface area contributed by atoms with Crippen molar-refractivity contribution in [2.24, 2.45) is 0 Å². The molecule has 0 unspecified atom stereocenters. The maximum absolute atomic E-state index is 11.9. The van der Waals surface area contributed by atoms with E-state index in [1.54, 1.807) is 18.2 Å². The van der Waals surface area contributed by atoms with Crippen molar-refractivity contribution in [1.82, 2.24) is 5.32 Å². The number of thiocarbonyl (C=S) groups is 1. The molecule has 1 amide bonds. The van der Waals surface area contributed by atoms with Gasteiger partial charge in [0.05, 0.1) is 10.6 Å². The molecule has 0 radical (unpaired) electrons. The van der Waals surface area contributed by atoms with Gasteiger partial charge in [-0.3, -0.25) is 20.2 Å². The molecule has 0 aliphatic rings. The molecule has 0 bridgehead atoms. The van der Waals surface area contributed by atoms with E-state index in [4.69, 9.17) is 35.4 Å². The average Bonchev–Trinajstić information content (AvgIpc) is 2.55. The van der Waals surface area contributed by atoms with Crippen molar-refractivity contribution in [2.75, 3.05) is 5.32 Å². The van der Waals surface area contributed by atoms with Crippen LogP contribution in [0.5, 0.6) is 0 Å². The summed E-state index contributed by atoms with van der Waals surface area (Å²) in [7, 11) is 0. The van der Waals surface area contributed by atoms with Gasteiger partial charge in [0.25, 0.3) is 5.69 Å². The van der Waals surface area contributed by atoms with E-state index in [0.29, 0.717) is 25.8 Å². The highest BCUT2D eigenvalue weighted by Crippen LogP contribution is 2.27. The normalized spacial score (nSPS) is 10.6. The van der Waals surface area contributed by atoms with Gasteiger partial charge in [0.1, 0.15) is 0 Å². The Morgan fingerprint density at radius 1 is 1.23 bits per heavy atom. The van der Waals surface area contributed by atoms with E-state index in [9.17, 15) is 14.9 Å². The molecule has 0 saturated heterocycles. The third-order valence-corrected chi connectivity index (χ3v) is 4.45. The molecule has 2 N–H and O–H groups in total. The van der Waals surface area contributed by atoms with Gasteiger partial charge in [0.15, 0.2) is 5.11 Å². The lowest BCUT2D eigenvalue weighted by molar-refractivity contribution is -0.384. The van der Waals surface area contributed by atoms with Crippen LogP contribution in [0.3, 0.4) is 0 Å². The highest BCUT2D eigenvalue weighted by Gasteiger charge is 2.10. The molecule has 0 fully saturated rings. The zero-order valence-corrected chi connectivity index (χ0v) is 16.7. The quantitative estimate of drug-likeness (QED) is 0.275. The summed E-state index contributed by atoms with van der Waals surface area (Å²) in [6, 6.07) is 9.03. The van der Waals surface area contributed by atoms with Crippen LogP contribution in [0.25, 0.3) is 6.08 Å². The minimum absolute atomic E-state index is 0.0383. The molecular formula is C16H10BrCl2N3O3S. The van der Waals surface area contributed by atoms with Crippen LogP contribution in [-0.2, 0) is 4.79 Å². The number of nitro benzene ring substituents is 1. The van der Waals surface area contributed by atoms with Gasteiger partial charge in [-0.2, -0.15) is 0 Å². The predicted molar refractivity (Wildman–Crippen MR) is 111 cm³/mol. The van der Waals surface area contributed by atoms with E-state index < -0.39 is 10.8 Å². The first-order chi connectivity index (χ1) is 12.3. The van der Waals surface area contributed by atoms with Gasteiger partial charge in [-0.1, -0.05) is 29.3 Å². The summed E-state index contributed by atoms with van der Waals surface area (Å²) < 4.78 is 0.437. The van der Waals surface area contributed by atoms with Gasteiger partial charge >= 0.3 is 0 Å². The van der Waals surface area contributed by atoms with Gasteiger partial charge in [0.2, 0.25) is 5.91 Å². The Labute approximate surface area is 172 Å². The van der Waals surface area contributed by atoms with Crippen LogP contribution in [0.2, 0.25) is 10.0 Å². The molecular weight excluding hydrogens is 465 g/mol. The van der Waals surface area contributed by atoms with Crippen LogP contribution in [0.15, 0.2) is 46.9 Å². The van der Waals surface area contributed by atoms with Crippen LogP contribution in [0, 0.1) is 10.1 Å². The maximum Gasteiger partial charge on any atom is 0.270 e. The van der Waals surface area contributed by atoms with E-state index in [2.05, 4.69) is 26.6 Å². The van der Waals surface area contributed by atoms with Gasteiger partial charge in [0, 0.05) is 32.7 Å². The topological polar surface area (TPSA) is 84.3 Å². The lowest BCUT2D eigenvalue weighted by Crippen LogP contribution is -2.32. The smallest absolute Gasteiger partial charge is 0.270 e. The van der Waals surface area contributed by atoms with E-state index in [0.717, 1.165) is 0 Å². The molecule has 10 heteroatoms. The average molecular weight is 475 g/mol. The molecule has 2 rings (SSSR count). The molecule has 0 saturated carbocycles. The van der Waals surface area contributed by atoms with Gasteiger partial charge in [-0.15, -0.1) is 0 Å². The summed E-state index contributed by atoms with van der Waals surface area (Å²) in [5.41, 5.74) is 1.04. The third-order valence-electron chi connectivity index (χ3n) is 3.03. The van der Waals surface area contributed by atoms with Crippen molar-refractivity contribution in [3.8, 4) is 0 Å². The fourth-order valence-electron chi connectivity index (χ4n) is 1.83. The number of benzene rings is 2. The Bertz CT molecular complexity index is 922. The van der Waals surface area contributed by atoms with E-state index in [1.807, 2.05) is 0 Å². The second-order valence-corrected chi connectivity index (χ2v) is 6.97. The molecule has 0 aliphatic heterocycles. The number of nitrogens with one attached hydrogen (secondary N) is 2. The van der Waals surface area contributed by atoms with Crippen LogP contribution >= 0.6 is 51.3 Å². The molecule has 0 atom stereocenters. The number of anilines is 1. The monoisotopic (exact) mass is 473 g/mol. The second-order valence-electron chi connectivity index (χ2n) is 4.86. The minimum Gasteiger partial charge on any atom is -0.331 e. The van der Waals surface area contributed by atoms with Crippen LogP contribution in [0.1, 0.15) is 5.56 Å². The Hall–Kier alpha value is -2.00. The van der Waals surface area contributed by atoms with Gasteiger partial charge < -0.3 is 5.32 Å². The highest BCUT2D eigenvalue weighted by molar-refractivity contribution is 9.10. The van der Waals surface area contributed by atoms with Gasteiger partial charge in [-0.25, -0.2) is 0 Å². The molecule has 0 aromatic heterocycles. The lowest BCUT2D eigenvalue weighted by atomic mass is 10.2. The number of carbonyl (C=O) groups is 1. The number of halogens is 3. The Kier molecular flexibility index (Phi) is 7.10. The molecule has 0 heterocycles. The number of nitrogens with zero attached hydrogens (tertiary/aromatic N) is 1. The van der Waals surface area contributed by atoms with Crippen molar-refractivity contribution in [3.05, 3.63) is 72.7 Å². The van der Waals surface area contributed by atoms with Crippen molar-refractivity contribution in [3.63, 3.8) is 0 Å². The van der Waals surface area contributed by atoms with Crippen LogP contribution in [0.4, 0.5) is 11.4 Å². The third kappa shape index (κ3) is 5.77. The van der Waals surface area contributed by atoms with Crippen molar-refractivity contribution in [2.45, 2.75) is 0 Å². The molecule has 0 spiro atoms. The zero-order chi connectivity index (χ0) is 19.3. The predicted octanol–water partition coefficient (Wildman–Crippen LogP) is 5.19. The summed E-state index contributed by atoms with van der Waals surface area (Å²) in [5, 5.41) is 16.9. The molecule has 6 nitrogen and oxygen atoms in total. The SMILES string of the molecule is O=C(/C=C/c1ccc(Cl)cc1Cl)NC(=S)Nc1ccc([N+](=O)[O-])cc1Br. The highest BCUT2D eigenvalue weighted by atomic mass is 79.9. The Morgan fingerprint density at radius 3 is 2.58 bits per heavy atom. The molecule has 2 aromatic rings. The van der Waals surface area contributed by atoms with E-state index >= 15 is 0 Å². The maximum atomic E-state index is 11.9. The van der Waals surface area contributed by atoms with E-state index in [1.165, 1.54) is 30.4 Å². The summed E-state index contributed by atoms with van der Waals surface area (Å²) in [6.45, 7) is 0. The van der Waals surface area contributed by atoms with E-state index in [-0.39, 0.29) is 10.8 Å². The Morgan fingerprint density at radius 2 is 1.96 bits per heavy atom. The molecule has 0 aliphatic carbocycles. The van der Waals surface area contributed by atoms with Gasteiger partial charge in [-0.05, 0) is 58.0 Å².